The molecule has 0 fully saturated rings. The topological polar surface area (TPSA) is 87.4 Å². The zero-order valence-electron chi connectivity index (χ0n) is 9.74. The molecule has 8 heteroatoms. The Kier molecular flexibility index (Phi) is 3.51. The first kappa shape index (κ1) is 12.7. The van der Waals surface area contributed by atoms with Crippen LogP contribution in [0.3, 0.4) is 0 Å². The molecule has 0 unspecified atom stereocenters. The summed E-state index contributed by atoms with van der Waals surface area (Å²) in [5.41, 5.74) is -0.141. The Bertz CT molecular complexity index is 621. The molecule has 0 aliphatic carbocycles. The fourth-order valence-electron chi connectivity index (χ4n) is 1.34. The third kappa shape index (κ3) is 2.92. The highest BCUT2D eigenvalue weighted by Crippen LogP contribution is 2.33. The second-order valence-electron chi connectivity index (χ2n) is 3.37. The Labute approximate surface area is 106 Å². The minimum Gasteiger partial charge on any atom is -0.493 e. The van der Waals surface area contributed by atoms with E-state index >= 15 is 0 Å². The van der Waals surface area contributed by atoms with Gasteiger partial charge in [0.1, 0.15) is 6.33 Å². The summed E-state index contributed by atoms with van der Waals surface area (Å²) in [6.45, 7) is 0. The van der Waals surface area contributed by atoms with Crippen LogP contribution in [0.5, 0.6) is 17.4 Å². The number of ether oxygens (including phenoxy) is 2. The van der Waals surface area contributed by atoms with Crippen LogP contribution in [0, 0.1) is 16.1 Å². The molecule has 0 spiro atoms. The van der Waals surface area contributed by atoms with Crippen molar-refractivity contribution in [3.05, 3.63) is 46.7 Å². The van der Waals surface area contributed by atoms with Crippen molar-refractivity contribution in [2.75, 3.05) is 7.11 Å². The van der Waals surface area contributed by atoms with Gasteiger partial charge in [-0.05, 0) is 6.07 Å². The van der Waals surface area contributed by atoms with E-state index in [4.69, 9.17) is 9.47 Å². The normalized spacial score (nSPS) is 10.0. The maximum Gasteiger partial charge on any atom is 0.273 e. The van der Waals surface area contributed by atoms with Crippen molar-refractivity contribution in [1.82, 2.24) is 9.97 Å². The Balaban J connectivity index is 2.32. The standard InChI is InChI=1S/C11H8FN3O4/c1-18-9-4-7(15(16)17)2-3-8(9)19-11-5-10(12)13-6-14-11/h2-6H,1H3. The molecule has 0 saturated carbocycles. The smallest absolute Gasteiger partial charge is 0.273 e. The highest BCUT2D eigenvalue weighted by atomic mass is 19.1. The summed E-state index contributed by atoms with van der Waals surface area (Å²) in [7, 11) is 1.34. The maximum atomic E-state index is 12.9. The van der Waals surface area contributed by atoms with Gasteiger partial charge in [0.25, 0.3) is 5.69 Å². The van der Waals surface area contributed by atoms with Gasteiger partial charge in [0.15, 0.2) is 11.5 Å². The number of rotatable bonds is 4. The van der Waals surface area contributed by atoms with Crippen LogP contribution in [0.4, 0.5) is 10.1 Å². The lowest BCUT2D eigenvalue weighted by atomic mass is 10.3. The van der Waals surface area contributed by atoms with Crippen molar-refractivity contribution < 1.29 is 18.8 Å². The summed E-state index contributed by atoms with van der Waals surface area (Å²) in [6, 6.07) is 4.78. The van der Waals surface area contributed by atoms with Crippen molar-refractivity contribution >= 4 is 5.69 Å². The number of aromatic nitrogens is 2. The average Bonchev–Trinajstić information content (AvgIpc) is 2.39. The van der Waals surface area contributed by atoms with Crippen LogP contribution in [-0.2, 0) is 0 Å². The molecule has 0 N–H and O–H groups in total. The first-order chi connectivity index (χ1) is 9.10. The monoisotopic (exact) mass is 265 g/mol. The number of hydrogen-bond acceptors (Lipinski definition) is 6. The van der Waals surface area contributed by atoms with Gasteiger partial charge in [-0.2, -0.15) is 4.39 Å². The van der Waals surface area contributed by atoms with E-state index in [1.807, 2.05) is 0 Å². The molecule has 0 atom stereocenters. The highest BCUT2D eigenvalue weighted by Gasteiger charge is 2.13. The number of benzene rings is 1. The lowest BCUT2D eigenvalue weighted by Gasteiger charge is -2.08. The molecule has 0 aliphatic heterocycles. The van der Waals surface area contributed by atoms with Crippen molar-refractivity contribution in [1.29, 1.82) is 0 Å². The van der Waals surface area contributed by atoms with Crippen LogP contribution >= 0.6 is 0 Å². The number of halogens is 1. The molecule has 2 rings (SSSR count). The second kappa shape index (κ2) is 5.25. The van der Waals surface area contributed by atoms with Crippen LogP contribution in [0.1, 0.15) is 0 Å². The van der Waals surface area contributed by atoms with E-state index in [0.29, 0.717) is 0 Å². The van der Waals surface area contributed by atoms with Crippen LogP contribution in [-0.4, -0.2) is 22.0 Å². The van der Waals surface area contributed by atoms with Crippen LogP contribution < -0.4 is 9.47 Å². The third-order valence-corrected chi connectivity index (χ3v) is 2.18. The van der Waals surface area contributed by atoms with E-state index in [-0.39, 0.29) is 23.1 Å². The molecule has 0 amide bonds. The number of nitrogens with zero attached hydrogens (tertiary/aromatic N) is 3. The molecule has 0 aliphatic rings. The van der Waals surface area contributed by atoms with Crippen molar-refractivity contribution in [3.63, 3.8) is 0 Å². The molecule has 1 aromatic carbocycles. The summed E-state index contributed by atoms with van der Waals surface area (Å²) in [5.74, 6) is -0.440. The van der Waals surface area contributed by atoms with Crippen LogP contribution in [0.15, 0.2) is 30.6 Å². The number of nitro benzene ring substituents is 1. The first-order valence-corrected chi connectivity index (χ1v) is 5.08. The van der Waals surface area contributed by atoms with E-state index in [1.165, 1.54) is 25.3 Å². The lowest BCUT2D eigenvalue weighted by Crippen LogP contribution is -1.95. The van der Waals surface area contributed by atoms with Gasteiger partial charge in [0.2, 0.25) is 11.8 Å². The maximum absolute atomic E-state index is 12.9. The van der Waals surface area contributed by atoms with Gasteiger partial charge < -0.3 is 9.47 Å². The molecule has 0 saturated heterocycles. The molecular formula is C11H8FN3O4. The number of methoxy groups -OCH3 is 1. The predicted octanol–water partition coefficient (Wildman–Crippen LogP) is 2.32. The van der Waals surface area contributed by atoms with E-state index in [0.717, 1.165) is 12.4 Å². The summed E-state index contributed by atoms with van der Waals surface area (Å²) in [5, 5.41) is 10.6. The fraction of sp³-hybridized carbons (Fsp3) is 0.0909. The Morgan fingerprint density at radius 1 is 1.26 bits per heavy atom. The van der Waals surface area contributed by atoms with Gasteiger partial charge in [-0.25, -0.2) is 9.97 Å². The van der Waals surface area contributed by atoms with Gasteiger partial charge in [0.05, 0.1) is 24.2 Å². The molecule has 7 nitrogen and oxygen atoms in total. The number of hydrogen-bond donors (Lipinski definition) is 0. The largest absolute Gasteiger partial charge is 0.493 e. The summed E-state index contributed by atoms with van der Waals surface area (Å²) >= 11 is 0. The highest BCUT2D eigenvalue weighted by molar-refractivity contribution is 5.49. The van der Waals surface area contributed by atoms with E-state index in [9.17, 15) is 14.5 Å². The van der Waals surface area contributed by atoms with E-state index < -0.39 is 10.9 Å². The number of nitro groups is 1. The minimum atomic E-state index is -0.745. The van der Waals surface area contributed by atoms with Crippen molar-refractivity contribution in [2.45, 2.75) is 0 Å². The first-order valence-electron chi connectivity index (χ1n) is 5.08. The van der Waals surface area contributed by atoms with Crippen LogP contribution in [0.2, 0.25) is 0 Å². The molecule has 2 aromatic rings. The van der Waals surface area contributed by atoms with E-state index in [2.05, 4.69) is 9.97 Å². The van der Waals surface area contributed by atoms with Crippen molar-refractivity contribution in [3.8, 4) is 17.4 Å². The molecule has 1 heterocycles. The van der Waals surface area contributed by atoms with Crippen molar-refractivity contribution in [2.24, 2.45) is 0 Å². The third-order valence-electron chi connectivity index (χ3n) is 2.18. The lowest BCUT2D eigenvalue weighted by molar-refractivity contribution is -0.384. The predicted molar refractivity (Wildman–Crippen MR) is 61.7 cm³/mol. The van der Waals surface area contributed by atoms with Gasteiger partial charge in [-0.15, -0.1) is 0 Å². The number of non-ortho nitro benzene ring substituents is 1. The van der Waals surface area contributed by atoms with Crippen LogP contribution in [0.25, 0.3) is 0 Å². The van der Waals surface area contributed by atoms with Gasteiger partial charge in [-0.3, -0.25) is 10.1 Å². The molecule has 0 bridgehead atoms. The Morgan fingerprint density at radius 3 is 2.68 bits per heavy atom. The summed E-state index contributed by atoms with van der Waals surface area (Å²) < 4.78 is 23.1. The molecular weight excluding hydrogens is 257 g/mol. The van der Waals surface area contributed by atoms with E-state index in [1.54, 1.807) is 0 Å². The minimum absolute atomic E-state index is 0.0281. The SMILES string of the molecule is COc1cc([N+](=O)[O-])ccc1Oc1cc(F)ncn1. The zero-order valence-corrected chi connectivity index (χ0v) is 9.74. The molecule has 98 valence electrons. The molecule has 19 heavy (non-hydrogen) atoms. The summed E-state index contributed by atoms with van der Waals surface area (Å²) in [4.78, 5) is 17.1. The fourth-order valence-corrected chi connectivity index (χ4v) is 1.34. The second-order valence-corrected chi connectivity index (χ2v) is 3.37. The van der Waals surface area contributed by atoms with Gasteiger partial charge in [0, 0.05) is 6.07 Å². The zero-order chi connectivity index (χ0) is 13.8. The van der Waals surface area contributed by atoms with Gasteiger partial charge >= 0.3 is 0 Å². The van der Waals surface area contributed by atoms with Gasteiger partial charge in [-0.1, -0.05) is 0 Å². The quantitative estimate of drug-likeness (QED) is 0.479. The Morgan fingerprint density at radius 2 is 2.05 bits per heavy atom. The molecule has 0 radical (unpaired) electrons. The summed E-state index contributed by atoms with van der Waals surface area (Å²) in [6.07, 6.45) is 1.00. The molecule has 1 aromatic heterocycles. The average molecular weight is 265 g/mol. The Hall–Kier alpha value is -2.77.